The van der Waals surface area contributed by atoms with Crippen LogP contribution >= 0.6 is 12.4 Å². The number of nitrogens with zero attached hydrogens (tertiary/aromatic N) is 1. The standard InChI is InChI=1S/C9H21N3O2S.ClH/c1-9(8-10)11-15(13,14)12-6-4-2-3-5-7-12;/h9,11H,2-8,10H2,1H3;1H/t9-;/m0./s1. The molecule has 0 unspecified atom stereocenters. The number of nitrogens with one attached hydrogen (secondary N) is 1. The molecule has 0 amide bonds. The molecule has 0 aliphatic carbocycles. The first-order valence-electron chi connectivity index (χ1n) is 5.54. The average molecular weight is 272 g/mol. The monoisotopic (exact) mass is 271 g/mol. The van der Waals surface area contributed by atoms with E-state index in [0.29, 0.717) is 19.6 Å². The van der Waals surface area contributed by atoms with Gasteiger partial charge in [0.2, 0.25) is 0 Å². The molecular weight excluding hydrogens is 250 g/mol. The maximum atomic E-state index is 11.9. The minimum absolute atomic E-state index is 0. The van der Waals surface area contributed by atoms with E-state index in [-0.39, 0.29) is 18.4 Å². The van der Waals surface area contributed by atoms with E-state index >= 15 is 0 Å². The molecule has 1 saturated heterocycles. The Bertz CT molecular complexity index is 276. The van der Waals surface area contributed by atoms with Gasteiger partial charge in [0.05, 0.1) is 0 Å². The second kappa shape index (κ2) is 7.45. The molecule has 98 valence electrons. The Labute approximate surface area is 104 Å². The van der Waals surface area contributed by atoms with Gasteiger partial charge in [-0.1, -0.05) is 12.8 Å². The van der Waals surface area contributed by atoms with Crippen LogP contribution in [0.15, 0.2) is 0 Å². The number of halogens is 1. The van der Waals surface area contributed by atoms with E-state index in [2.05, 4.69) is 4.72 Å². The van der Waals surface area contributed by atoms with Crippen molar-refractivity contribution in [2.75, 3.05) is 19.6 Å². The lowest BCUT2D eigenvalue weighted by atomic mass is 10.2. The summed E-state index contributed by atoms with van der Waals surface area (Å²) in [6, 6.07) is -0.196. The summed E-state index contributed by atoms with van der Waals surface area (Å²) >= 11 is 0. The fourth-order valence-corrected chi connectivity index (χ4v) is 3.15. The summed E-state index contributed by atoms with van der Waals surface area (Å²) in [5, 5.41) is 0. The van der Waals surface area contributed by atoms with Gasteiger partial charge in [-0.05, 0) is 19.8 Å². The van der Waals surface area contributed by atoms with Crippen LogP contribution < -0.4 is 10.5 Å². The van der Waals surface area contributed by atoms with Crippen LogP contribution in [0.4, 0.5) is 0 Å². The highest BCUT2D eigenvalue weighted by Crippen LogP contribution is 2.12. The third-order valence-corrected chi connectivity index (χ3v) is 4.35. The van der Waals surface area contributed by atoms with Crippen molar-refractivity contribution in [2.24, 2.45) is 5.73 Å². The van der Waals surface area contributed by atoms with Crippen molar-refractivity contribution in [1.82, 2.24) is 9.03 Å². The Hall–Kier alpha value is 0.120. The number of rotatable bonds is 4. The molecule has 0 aromatic heterocycles. The molecule has 3 N–H and O–H groups in total. The summed E-state index contributed by atoms with van der Waals surface area (Å²) in [6.45, 7) is 3.36. The Balaban J connectivity index is 0.00000225. The van der Waals surface area contributed by atoms with Crippen LogP contribution in [0.5, 0.6) is 0 Å². The highest BCUT2D eigenvalue weighted by Gasteiger charge is 2.23. The van der Waals surface area contributed by atoms with Crippen LogP contribution in [0.25, 0.3) is 0 Å². The normalized spacial score (nSPS) is 20.9. The van der Waals surface area contributed by atoms with Crippen LogP contribution in [-0.2, 0) is 10.2 Å². The van der Waals surface area contributed by atoms with E-state index in [1.54, 1.807) is 6.92 Å². The highest BCUT2D eigenvalue weighted by molar-refractivity contribution is 7.87. The van der Waals surface area contributed by atoms with Gasteiger partial charge >= 0.3 is 0 Å². The van der Waals surface area contributed by atoms with Gasteiger partial charge in [-0.25, -0.2) is 0 Å². The molecule has 0 aromatic carbocycles. The summed E-state index contributed by atoms with van der Waals surface area (Å²) in [4.78, 5) is 0. The van der Waals surface area contributed by atoms with Crippen molar-refractivity contribution in [3.63, 3.8) is 0 Å². The van der Waals surface area contributed by atoms with E-state index < -0.39 is 10.2 Å². The third kappa shape index (κ3) is 4.97. The lowest BCUT2D eigenvalue weighted by Crippen LogP contribution is -2.47. The van der Waals surface area contributed by atoms with E-state index in [0.717, 1.165) is 25.7 Å². The maximum Gasteiger partial charge on any atom is 0.279 e. The Morgan fingerprint density at radius 1 is 1.25 bits per heavy atom. The number of nitrogens with two attached hydrogens (primary N) is 1. The Morgan fingerprint density at radius 2 is 1.75 bits per heavy atom. The maximum absolute atomic E-state index is 11.9. The summed E-state index contributed by atoms with van der Waals surface area (Å²) in [5.41, 5.74) is 5.39. The zero-order chi connectivity index (χ0) is 11.3. The SMILES string of the molecule is C[C@@H](CN)NS(=O)(=O)N1CCCCCC1.Cl. The minimum atomic E-state index is -3.31. The Kier molecular flexibility index (Phi) is 7.50. The van der Waals surface area contributed by atoms with Crippen LogP contribution in [0.1, 0.15) is 32.6 Å². The fourth-order valence-electron chi connectivity index (χ4n) is 1.66. The van der Waals surface area contributed by atoms with Gasteiger partial charge in [-0.2, -0.15) is 17.4 Å². The van der Waals surface area contributed by atoms with Gasteiger partial charge in [0.1, 0.15) is 0 Å². The molecule has 1 aliphatic rings. The first-order chi connectivity index (χ1) is 7.06. The van der Waals surface area contributed by atoms with Crippen LogP contribution in [0, 0.1) is 0 Å². The molecule has 0 bridgehead atoms. The van der Waals surface area contributed by atoms with Crippen LogP contribution in [0.2, 0.25) is 0 Å². The lowest BCUT2D eigenvalue weighted by Gasteiger charge is -2.22. The summed E-state index contributed by atoms with van der Waals surface area (Å²) < 4.78 is 27.8. The molecule has 0 saturated carbocycles. The first kappa shape index (κ1) is 16.1. The molecule has 1 heterocycles. The molecule has 0 radical (unpaired) electrons. The third-order valence-electron chi connectivity index (χ3n) is 2.61. The highest BCUT2D eigenvalue weighted by atomic mass is 35.5. The van der Waals surface area contributed by atoms with E-state index in [1.165, 1.54) is 4.31 Å². The zero-order valence-corrected chi connectivity index (χ0v) is 11.3. The largest absolute Gasteiger partial charge is 0.329 e. The van der Waals surface area contributed by atoms with Crippen molar-refractivity contribution in [1.29, 1.82) is 0 Å². The second-order valence-electron chi connectivity index (χ2n) is 4.07. The molecule has 7 heteroatoms. The predicted molar refractivity (Wildman–Crippen MR) is 67.9 cm³/mol. The van der Waals surface area contributed by atoms with Gasteiger partial charge in [-0.3, -0.25) is 0 Å². The Morgan fingerprint density at radius 3 is 2.19 bits per heavy atom. The number of hydrogen-bond acceptors (Lipinski definition) is 3. The van der Waals surface area contributed by atoms with Crippen LogP contribution in [0.3, 0.4) is 0 Å². The summed E-state index contributed by atoms with van der Waals surface area (Å²) in [5.74, 6) is 0. The van der Waals surface area contributed by atoms with Gasteiger partial charge in [0, 0.05) is 25.7 Å². The molecule has 16 heavy (non-hydrogen) atoms. The molecule has 1 atom stereocenters. The van der Waals surface area contributed by atoms with E-state index in [4.69, 9.17) is 5.73 Å². The van der Waals surface area contributed by atoms with Crippen LogP contribution in [-0.4, -0.2) is 38.4 Å². The lowest BCUT2D eigenvalue weighted by molar-refractivity contribution is 0.409. The van der Waals surface area contributed by atoms with Crippen molar-refractivity contribution < 1.29 is 8.42 Å². The molecule has 0 aromatic rings. The smallest absolute Gasteiger partial charge is 0.279 e. The van der Waals surface area contributed by atoms with Gasteiger partial charge in [0.15, 0.2) is 0 Å². The molecule has 1 fully saturated rings. The molecule has 0 spiro atoms. The quantitative estimate of drug-likeness (QED) is 0.780. The topological polar surface area (TPSA) is 75.4 Å². The second-order valence-corrected chi connectivity index (χ2v) is 5.78. The molecule has 5 nitrogen and oxygen atoms in total. The van der Waals surface area contributed by atoms with Crippen molar-refractivity contribution in [3.05, 3.63) is 0 Å². The zero-order valence-electron chi connectivity index (χ0n) is 9.68. The molecular formula is C9H22ClN3O2S. The molecule has 1 rings (SSSR count). The predicted octanol–water partition coefficient (Wildman–Crippen LogP) is 0.466. The summed E-state index contributed by atoms with van der Waals surface area (Å²) in [6.07, 6.45) is 4.16. The summed E-state index contributed by atoms with van der Waals surface area (Å²) in [7, 11) is -3.31. The number of hydrogen-bond donors (Lipinski definition) is 2. The van der Waals surface area contributed by atoms with Crippen molar-refractivity contribution in [2.45, 2.75) is 38.6 Å². The van der Waals surface area contributed by atoms with Crippen molar-refractivity contribution >= 4 is 22.6 Å². The first-order valence-corrected chi connectivity index (χ1v) is 6.98. The molecule has 1 aliphatic heterocycles. The van der Waals surface area contributed by atoms with Crippen molar-refractivity contribution in [3.8, 4) is 0 Å². The van der Waals surface area contributed by atoms with Gasteiger partial charge in [-0.15, -0.1) is 12.4 Å². The van der Waals surface area contributed by atoms with E-state index in [1.807, 2.05) is 0 Å². The minimum Gasteiger partial charge on any atom is -0.329 e. The van der Waals surface area contributed by atoms with Gasteiger partial charge in [0.25, 0.3) is 10.2 Å². The van der Waals surface area contributed by atoms with Gasteiger partial charge < -0.3 is 5.73 Å². The fraction of sp³-hybridized carbons (Fsp3) is 1.00. The van der Waals surface area contributed by atoms with E-state index in [9.17, 15) is 8.42 Å². The average Bonchev–Trinajstić information content (AvgIpc) is 2.45.